The van der Waals surface area contributed by atoms with Crippen molar-refractivity contribution in [3.8, 4) is 11.5 Å². The maximum absolute atomic E-state index is 12.9. The minimum atomic E-state index is -0.0115. The number of aromatic nitrogens is 1. The summed E-state index contributed by atoms with van der Waals surface area (Å²) in [6.45, 7) is 0. The van der Waals surface area contributed by atoms with Gasteiger partial charge < -0.3 is 15.1 Å². The Morgan fingerprint density at radius 1 is 1.06 bits per heavy atom. The maximum atomic E-state index is 12.9. The molecule has 176 valence electrons. The van der Waals surface area contributed by atoms with Crippen LogP contribution >= 0.6 is 35.4 Å². The van der Waals surface area contributed by atoms with E-state index >= 15 is 0 Å². The molecule has 34 heavy (non-hydrogen) atoms. The third-order valence-corrected chi connectivity index (χ3v) is 8.53. The third-order valence-electron chi connectivity index (χ3n) is 7.76. The van der Waals surface area contributed by atoms with Crippen LogP contribution in [0.4, 0.5) is 5.69 Å². The van der Waals surface area contributed by atoms with E-state index in [4.69, 9.17) is 39.8 Å². The van der Waals surface area contributed by atoms with Crippen LogP contribution in [-0.2, 0) is 4.79 Å². The van der Waals surface area contributed by atoms with Crippen LogP contribution in [0, 0.1) is 23.2 Å². The average Bonchev–Trinajstić information content (AvgIpc) is 3.17. The van der Waals surface area contributed by atoms with Gasteiger partial charge in [0.15, 0.2) is 10.7 Å². The summed E-state index contributed by atoms with van der Waals surface area (Å²) < 4.78 is 5.86. The van der Waals surface area contributed by atoms with Crippen molar-refractivity contribution in [3.63, 3.8) is 0 Å². The summed E-state index contributed by atoms with van der Waals surface area (Å²) in [7, 11) is 0. The van der Waals surface area contributed by atoms with E-state index in [2.05, 4.69) is 15.6 Å². The molecule has 2 aromatic carbocycles. The van der Waals surface area contributed by atoms with Crippen molar-refractivity contribution in [2.45, 2.75) is 44.9 Å². The van der Waals surface area contributed by atoms with E-state index in [0.29, 0.717) is 39.1 Å². The molecule has 8 heteroatoms. The van der Waals surface area contributed by atoms with Crippen molar-refractivity contribution >= 4 is 63.2 Å². The van der Waals surface area contributed by atoms with Gasteiger partial charge in [-0.1, -0.05) is 23.2 Å². The van der Waals surface area contributed by atoms with Gasteiger partial charge in [0.25, 0.3) is 0 Å². The monoisotopic (exact) mass is 513 g/mol. The molecule has 7 rings (SSSR count). The molecule has 0 radical (unpaired) electrons. The first-order chi connectivity index (χ1) is 16.3. The lowest BCUT2D eigenvalue weighted by molar-refractivity contribution is -0.127. The maximum Gasteiger partial charge on any atom is 0.227 e. The van der Waals surface area contributed by atoms with Crippen LogP contribution in [0.5, 0.6) is 0 Å². The highest BCUT2D eigenvalue weighted by atomic mass is 35.5. The summed E-state index contributed by atoms with van der Waals surface area (Å²) >= 11 is 17.9. The molecule has 4 fully saturated rings. The molecule has 1 aromatic heterocycles. The Bertz CT molecular complexity index is 1270. The van der Waals surface area contributed by atoms with Gasteiger partial charge in [-0.05, 0) is 110 Å². The van der Waals surface area contributed by atoms with E-state index in [1.54, 1.807) is 24.3 Å². The molecule has 4 bridgehead atoms. The van der Waals surface area contributed by atoms with E-state index in [1.807, 2.05) is 12.1 Å². The van der Waals surface area contributed by atoms with Crippen LogP contribution in [-0.4, -0.2) is 16.0 Å². The van der Waals surface area contributed by atoms with Crippen molar-refractivity contribution in [3.05, 3.63) is 46.4 Å². The number of carbonyl (C=O) groups is 1. The molecule has 1 amide bonds. The first kappa shape index (κ1) is 22.3. The molecular weight excluding hydrogens is 489 g/mol. The lowest BCUT2D eigenvalue weighted by Crippen LogP contribution is -2.48. The summed E-state index contributed by atoms with van der Waals surface area (Å²) in [4.78, 5) is 17.4. The fourth-order valence-corrected chi connectivity index (χ4v) is 7.50. The lowest BCUT2D eigenvalue weighted by atomic mass is 9.49. The second kappa shape index (κ2) is 8.51. The number of halogens is 2. The topological polar surface area (TPSA) is 67.2 Å². The number of hydrogen-bond donors (Lipinski definition) is 2. The Morgan fingerprint density at radius 2 is 1.76 bits per heavy atom. The summed E-state index contributed by atoms with van der Waals surface area (Å²) in [5, 5.41) is 7.30. The normalized spacial score (nSPS) is 27.2. The van der Waals surface area contributed by atoms with Crippen molar-refractivity contribution in [1.29, 1.82) is 0 Å². The van der Waals surface area contributed by atoms with Crippen molar-refractivity contribution in [2.24, 2.45) is 23.2 Å². The van der Waals surface area contributed by atoms with Crippen molar-refractivity contribution in [1.82, 2.24) is 10.3 Å². The largest absolute Gasteiger partial charge is 0.436 e. The molecule has 4 saturated carbocycles. The van der Waals surface area contributed by atoms with E-state index < -0.39 is 0 Å². The van der Waals surface area contributed by atoms with Crippen LogP contribution in [0.15, 0.2) is 40.8 Å². The van der Waals surface area contributed by atoms with Gasteiger partial charge in [0, 0.05) is 17.0 Å². The van der Waals surface area contributed by atoms with Gasteiger partial charge >= 0.3 is 0 Å². The molecule has 1 heterocycles. The van der Waals surface area contributed by atoms with Crippen molar-refractivity contribution < 1.29 is 9.21 Å². The lowest BCUT2D eigenvalue weighted by Gasteiger charge is -2.56. The minimum Gasteiger partial charge on any atom is -0.436 e. The first-order valence-electron chi connectivity index (χ1n) is 11.8. The van der Waals surface area contributed by atoms with Gasteiger partial charge in [-0.15, -0.1) is 0 Å². The smallest absolute Gasteiger partial charge is 0.227 e. The van der Waals surface area contributed by atoms with E-state index in [0.717, 1.165) is 23.3 Å². The molecule has 5 nitrogen and oxygen atoms in total. The highest BCUT2D eigenvalue weighted by Crippen LogP contribution is 2.61. The second-order valence-corrected chi connectivity index (χ2v) is 11.7. The number of thiocarbonyl (C=S) groups is 1. The number of hydrogen-bond acceptors (Lipinski definition) is 4. The fourth-order valence-electron chi connectivity index (χ4n) is 6.95. The summed E-state index contributed by atoms with van der Waals surface area (Å²) in [5.41, 5.74) is 2.82. The van der Waals surface area contributed by atoms with Crippen LogP contribution in [0.1, 0.15) is 44.9 Å². The number of anilines is 1. The highest BCUT2D eigenvalue weighted by molar-refractivity contribution is 7.80. The number of fused-ring (bicyclic) bond motifs is 1. The predicted octanol–water partition coefficient (Wildman–Crippen LogP) is 7.22. The van der Waals surface area contributed by atoms with Gasteiger partial charge in [-0.2, -0.15) is 0 Å². The Balaban J connectivity index is 1.13. The molecule has 0 saturated heterocycles. The minimum absolute atomic E-state index is 0.0115. The summed E-state index contributed by atoms with van der Waals surface area (Å²) in [6, 6.07) is 10.7. The Kier molecular flexibility index (Phi) is 5.58. The van der Waals surface area contributed by atoms with Crippen LogP contribution in [0.25, 0.3) is 22.6 Å². The predicted molar refractivity (Wildman–Crippen MR) is 139 cm³/mol. The van der Waals surface area contributed by atoms with Crippen molar-refractivity contribution in [2.75, 3.05) is 5.32 Å². The second-order valence-electron chi connectivity index (χ2n) is 10.4. The number of nitrogens with one attached hydrogen (secondary N) is 2. The molecule has 3 aromatic rings. The fraction of sp³-hybridized carbons (Fsp3) is 0.423. The molecule has 4 aliphatic rings. The zero-order chi connectivity index (χ0) is 23.4. The Morgan fingerprint density at radius 3 is 2.47 bits per heavy atom. The van der Waals surface area contributed by atoms with Gasteiger partial charge in [-0.25, -0.2) is 4.98 Å². The summed E-state index contributed by atoms with van der Waals surface area (Å²) in [6.07, 6.45) is 8.22. The van der Waals surface area contributed by atoms with E-state index in [9.17, 15) is 4.79 Å². The molecule has 0 unspecified atom stereocenters. The SMILES string of the molecule is O=C(CC12CC3CC(CC(C3)C1)C2)NC(=S)Nc1cc(-c2nc3cc(Cl)ccc3o2)ccc1Cl. The number of amides is 1. The van der Waals surface area contributed by atoms with Gasteiger partial charge in [-0.3, -0.25) is 4.79 Å². The zero-order valence-electron chi connectivity index (χ0n) is 18.6. The molecule has 0 atom stereocenters. The average molecular weight is 514 g/mol. The van der Waals surface area contributed by atoms with Crippen LogP contribution < -0.4 is 10.6 Å². The third kappa shape index (κ3) is 4.32. The standard InChI is InChI=1S/C26H25Cl2N3O2S/c27-18-2-4-22-21(9-18)29-24(33-22)17-1-3-19(28)20(8-17)30-25(34)31-23(32)13-26-10-14-5-15(11-26)7-16(6-14)12-26/h1-4,8-9,14-16H,5-7,10-13H2,(H2,30,31,32,34). The first-order valence-corrected chi connectivity index (χ1v) is 13.0. The van der Waals surface area contributed by atoms with Crippen LogP contribution in [0.2, 0.25) is 10.0 Å². The molecular formula is C26H25Cl2N3O2S. The molecule has 0 spiro atoms. The number of nitrogens with zero attached hydrogens (tertiary/aromatic N) is 1. The number of carbonyl (C=O) groups excluding carboxylic acids is 1. The van der Waals surface area contributed by atoms with E-state index in [1.165, 1.54) is 38.5 Å². The molecule has 4 aliphatic carbocycles. The molecule has 0 aliphatic heterocycles. The quantitative estimate of drug-likeness (QED) is 0.360. The van der Waals surface area contributed by atoms with Crippen LogP contribution in [0.3, 0.4) is 0 Å². The van der Waals surface area contributed by atoms with E-state index in [-0.39, 0.29) is 16.4 Å². The Labute approximate surface area is 213 Å². The van der Waals surface area contributed by atoms with Gasteiger partial charge in [0.2, 0.25) is 11.8 Å². The summed E-state index contributed by atoms with van der Waals surface area (Å²) in [5.74, 6) is 2.88. The Hall–Kier alpha value is -2.15. The highest BCUT2D eigenvalue weighted by Gasteiger charge is 2.51. The van der Waals surface area contributed by atoms with Gasteiger partial charge in [0.1, 0.15) is 5.52 Å². The molecule has 2 N–H and O–H groups in total. The number of oxazole rings is 1. The zero-order valence-corrected chi connectivity index (χ0v) is 20.9. The number of rotatable bonds is 4. The van der Waals surface area contributed by atoms with Gasteiger partial charge in [0.05, 0.1) is 10.7 Å². The number of benzene rings is 2.